The van der Waals surface area contributed by atoms with Crippen LogP contribution in [0, 0.1) is 11.3 Å². The van der Waals surface area contributed by atoms with E-state index in [4.69, 9.17) is 10.4 Å². The topological polar surface area (TPSA) is 114 Å². The summed E-state index contributed by atoms with van der Waals surface area (Å²) in [5, 5.41) is 17.7. The molecule has 0 amide bonds. The van der Waals surface area contributed by atoms with Gasteiger partial charge in [-0.15, -0.1) is 0 Å². The average Bonchev–Trinajstić information content (AvgIpc) is 2.97. The SMILES string of the molecule is CN(c1cccc(C#N)c1)S(=O)(=O)c1c[nH]c(C(=O)O)c1. The lowest BCUT2D eigenvalue weighted by Crippen LogP contribution is -2.26. The quantitative estimate of drug-likeness (QED) is 0.886. The molecule has 0 saturated heterocycles. The van der Waals surface area contributed by atoms with Crippen LogP contribution in [0.5, 0.6) is 0 Å². The molecule has 0 bridgehead atoms. The number of hydrogen-bond acceptors (Lipinski definition) is 4. The maximum atomic E-state index is 12.4. The summed E-state index contributed by atoms with van der Waals surface area (Å²) in [5.74, 6) is -1.24. The number of hydrogen-bond donors (Lipinski definition) is 2. The van der Waals surface area contributed by atoms with Crippen LogP contribution in [0.1, 0.15) is 16.1 Å². The Hall–Kier alpha value is -2.79. The first-order chi connectivity index (χ1) is 9.86. The lowest BCUT2D eigenvalue weighted by molar-refractivity contribution is 0.0691. The maximum Gasteiger partial charge on any atom is 0.352 e. The van der Waals surface area contributed by atoms with Crippen molar-refractivity contribution < 1.29 is 18.3 Å². The third kappa shape index (κ3) is 2.73. The van der Waals surface area contributed by atoms with Crippen LogP contribution in [0.4, 0.5) is 5.69 Å². The molecule has 21 heavy (non-hydrogen) atoms. The van der Waals surface area contributed by atoms with Crippen molar-refractivity contribution in [2.45, 2.75) is 4.90 Å². The molecule has 0 aliphatic carbocycles. The highest BCUT2D eigenvalue weighted by Crippen LogP contribution is 2.23. The fourth-order valence-electron chi connectivity index (χ4n) is 1.72. The number of carboxylic acid groups (broad SMARTS) is 1. The van der Waals surface area contributed by atoms with Gasteiger partial charge < -0.3 is 10.1 Å². The Morgan fingerprint density at radius 3 is 2.67 bits per heavy atom. The Kier molecular flexibility index (Phi) is 3.69. The van der Waals surface area contributed by atoms with E-state index in [2.05, 4.69) is 4.98 Å². The van der Waals surface area contributed by atoms with Gasteiger partial charge in [-0.3, -0.25) is 4.31 Å². The molecule has 2 aromatic rings. The number of anilines is 1. The molecule has 0 fully saturated rings. The van der Waals surface area contributed by atoms with Crippen LogP contribution < -0.4 is 4.31 Å². The number of H-pyrrole nitrogens is 1. The first kappa shape index (κ1) is 14.6. The van der Waals surface area contributed by atoms with E-state index in [0.29, 0.717) is 11.3 Å². The highest BCUT2D eigenvalue weighted by molar-refractivity contribution is 7.92. The summed E-state index contributed by atoms with van der Waals surface area (Å²) in [6.45, 7) is 0. The monoisotopic (exact) mass is 305 g/mol. The van der Waals surface area contributed by atoms with E-state index in [9.17, 15) is 13.2 Å². The molecule has 0 aliphatic rings. The number of aromatic amines is 1. The number of aromatic carboxylic acids is 1. The lowest BCUT2D eigenvalue weighted by atomic mass is 10.2. The second kappa shape index (κ2) is 5.30. The normalized spacial score (nSPS) is 10.9. The Bertz CT molecular complexity index is 833. The van der Waals surface area contributed by atoms with Gasteiger partial charge in [0.25, 0.3) is 10.0 Å². The van der Waals surface area contributed by atoms with E-state index in [1.54, 1.807) is 18.2 Å². The molecular formula is C13H11N3O4S. The number of nitrogens with zero attached hydrogens (tertiary/aromatic N) is 2. The van der Waals surface area contributed by atoms with Crippen LogP contribution >= 0.6 is 0 Å². The van der Waals surface area contributed by atoms with Crippen LogP contribution in [-0.2, 0) is 10.0 Å². The molecule has 0 spiro atoms. The van der Waals surface area contributed by atoms with Crippen molar-refractivity contribution in [1.82, 2.24) is 4.98 Å². The Labute approximate surface area is 121 Å². The molecule has 1 aromatic heterocycles. The summed E-state index contributed by atoms with van der Waals surface area (Å²) in [6, 6.07) is 9.08. The van der Waals surface area contributed by atoms with Crippen LogP contribution in [0.25, 0.3) is 0 Å². The number of benzene rings is 1. The Balaban J connectivity index is 2.42. The molecule has 0 radical (unpaired) electrons. The molecule has 0 unspecified atom stereocenters. The summed E-state index contributed by atoms with van der Waals surface area (Å²) in [7, 11) is -2.57. The lowest BCUT2D eigenvalue weighted by Gasteiger charge is -2.18. The van der Waals surface area contributed by atoms with Crippen molar-refractivity contribution in [3.05, 3.63) is 47.8 Å². The fourth-order valence-corrected chi connectivity index (χ4v) is 2.90. The van der Waals surface area contributed by atoms with E-state index in [0.717, 1.165) is 16.6 Å². The molecule has 7 nitrogen and oxygen atoms in total. The van der Waals surface area contributed by atoms with Gasteiger partial charge >= 0.3 is 5.97 Å². The van der Waals surface area contributed by atoms with Gasteiger partial charge in [-0.05, 0) is 24.3 Å². The van der Waals surface area contributed by atoms with Gasteiger partial charge in [-0.25, -0.2) is 13.2 Å². The van der Waals surface area contributed by atoms with Crippen molar-refractivity contribution in [2.24, 2.45) is 0 Å². The maximum absolute atomic E-state index is 12.4. The van der Waals surface area contributed by atoms with E-state index in [1.165, 1.54) is 13.1 Å². The predicted octanol–water partition coefficient (Wildman–Crippen LogP) is 1.41. The molecule has 1 heterocycles. The third-order valence-corrected chi connectivity index (χ3v) is 4.65. The van der Waals surface area contributed by atoms with E-state index < -0.39 is 16.0 Å². The standard InChI is InChI=1S/C13H11N3O4S/c1-16(10-4-2-3-9(5-10)7-14)21(19,20)11-6-12(13(17)18)15-8-11/h2-6,8,15H,1H3,(H,17,18). The van der Waals surface area contributed by atoms with Crippen LogP contribution in [0.3, 0.4) is 0 Å². The van der Waals surface area contributed by atoms with Gasteiger partial charge in [0.05, 0.1) is 17.3 Å². The van der Waals surface area contributed by atoms with Crippen LogP contribution in [-0.4, -0.2) is 31.5 Å². The minimum absolute atomic E-state index is 0.162. The molecule has 108 valence electrons. The molecule has 2 N–H and O–H groups in total. The third-order valence-electron chi connectivity index (χ3n) is 2.88. The fraction of sp³-hybridized carbons (Fsp3) is 0.0769. The minimum atomic E-state index is -3.90. The average molecular weight is 305 g/mol. The highest BCUT2D eigenvalue weighted by atomic mass is 32.2. The number of nitriles is 1. The van der Waals surface area contributed by atoms with Gasteiger partial charge in [0.1, 0.15) is 10.6 Å². The van der Waals surface area contributed by atoms with Gasteiger partial charge in [-0.1, -0.05) is 6.07 Å². The molecular weight excluding hydrogens is 294 g/mol. The number of carboxylic acids is 1. The molecule has 8 heteroatoms. The van der Waals surface area contributed by atoms with Gasteiger partial charge in [0, 0.05) is 13.2 Å². The van der Waals surface area contributed by atoms with Crippen LogP contribution in [0.2, 0.25) is 0 Å². The van der Waals surface area contributed by atoms with Gasteiger partial charge in [-0.2, -0.15) is 5.26 Å². The number of sulfonamides is 1. The second-order valence-corrected chi connectivity index (χ2v) is 6.16. The summed E-state index contributed by atoms with van der Waals surface area (Å²) >= 11 is 0. The summed E-state index contributed by atoms with van der Waals surface area (Å²) < 4.78 is 25.8. The molecule has 1 aromatic carbocycles. The summed E-state index contributed by atoms with van der Waals surface area (Å²) in [5.41, 5.74) is 0.426. The number of nitrogens with one attached hydrogen (secondary N) is 1. The van der Waals surface area contributed by atoms with Gasteiger partial charge in [0.2, 0.25) is 0 Å². The summed E-state index contributed by atoms with van der Waals surface area (Å²) in [4.78, 5) is 13.0. The first-order valence-electron chi connectivity index (χ1n) is 5.77. The van der Waals surface area contributed by atoms with Gasteiger partial charge in [0.15, 0.2) is 0 Å². The minimum Gasteiger partial charge on any atom is -0.477 e. The molecule has 0 saturated carbocycles. The van der Waals surface area contributed by atoms with E-state index in [1.807, 2.05) is 6.07 Å². The molecule has 0 atom stereocenters. The van der Waals surface area contributed by atoms with Crippen molar-refractivity contribution in [3.63, 3.8) is 0 Å². The van der Waals surface area contributed by atoms with Crippen molar-refractivity contribution in [2.75, 3.05) is 11.4 Å². The molecule has 2 rings (SSSR count). The first-order valence-corrected chi connectivity index (χ1v) is 7.21. The molecule has 0 aliphatic heterocycles. The van der Waals surface area contributed by atoms with Crippen molar-refractivity contribution in [3.8, 4) is 6.07 Å². The number of aromatic nitrogens is 1. The summed E-state index contributed by atoms with van der Waals surface area (Å²) in [6.07, 6.45) is 1.11. The Morgan fingerprint density at radius 1 is 1.38 bits per heavy atom. The predicted molar refractivity (Wildman–Crippen MR) is 74.5 cm³/mol. The van der Waals surface area contributed by atoms with E-state index in [-0.39, 0.29) is 10.6 Å². The number of rotatable bonds is 4. The van der Waals surface area contributed by atoms with Crippen LogP contribution in [0.15, 0.2) is 41.4 Å². The largest absolute Gasteiger partial charge is 0.477 e. The zero-order chi connectivity index (χ0) is 15.6. The zero-order valence-electron chi connectivity index (χ0n) is 10.9. The second-order valence-electron chi connectivity index (χ2n) is 4.19. The Morgan fingerprint density at radius 2 is 2.10 bits per heavy atom. The van der Waals surface area contributed by atoms with Crippen molar-refractivity contribution >= 4 is 21.7 Å². The number of carbonyl (C=O) groups is 1. The zero-order valence-corrected chi connectivity index (χ0v) is 11.8. The van der Waals surface area contributed by atoms with Crippen molar-refractivity contribution in [1.29, 1.82) is 5.26 Å². The van der Waals surface area contributed by atoms with E-state index >= 15 is 0 Å². The highest BCUT2D eigenvalue weighted by Gasteiger charge is 2.24. The smallest absolute Gasteiger partial charge is 0.352 e.